The summed E-state index contributed by atoms with van der Waals surface area (Å²) in [4.78, 5) is 18.0. The molecule has 1 saturated heterocycles. The molecule has 0 bridgehead atoms. The number of benzene rings is 1. The van der Waals surface area contributed by atoms with Gasteiger partial charge in [0.05, 0.1) is 21.3 Å². The molecule has 4 rings (SSSR count). The minimum atomic E-state index is -3.59. The van der Waals surface area contributed by atoms with E-state index in [1.54, 1.807) is 16.6 Å². The second-order valence-corrected chi connectivity index (χ2v) is 10.3. The molecule has 1 aliphatic heterocycles. The molecule has 0 spiro atoms. The number of nitrogens with zero attached hydrogens (tertiary/aromatic N) is 2. The maximum absolute atomic E-state index is 13.5. The number of urea groups is 1. The normalized spacial score (nSPS) is 19.7. The van der Waals surface area contributed by atoms with Gasteiger partial charge in [0, 0.05) is 13.1 Å². The molecule has 9 heteroatoms. The van der Waals surface area contributed by atoms with Crippen molar-refractivity contribution in [3.05, 3.63) is 41.8 Å². The van der Waals surface area contributed by atoms with Gasteiger partial charge in [-0.05, 0) is 49.8 Å². The molecular weight excluding hydrogens is 389 g/mol. The third-order valence-corrected chi connectivity index (χ3v) is 8.95. The lowest BCUT2D eigenvalue weighted by Gasteiger charge is -2.36. The molecule has 2 amide bonds. The van der Waals surface area contributed by atoms with E-state index in [1.165, 1.54) is 29.5 Å². The molecule has 2 aliphatic rings. The number of nitrogens with one attached hydrogen (secondary N) is 1. The third kappa shape index (κ3) is 3.34. The molecule has 2 heterocycles. The zero-order valence-corrected chi connectivity index (χ0v) is 16.2. The van der Waals surface area contributed by atoms with E-state index in [1.807, 2.05) is 0 Å². The maximum atomic E-state index is 13.5. The predicted molar refractivity (Wildman–Crippen MR) is 101 cm³/mol. The Balaban J connectivity index is 1.44. The van der Waals surface area contributed by atoms with E-state index >= 15 is 0 Å². The van der Waals surface area contributed by atoms with Gasteiger partial charge < -0.3 is 4.90 Å². The predicted octanol–water partition coefficient (Wildman–Crippen LogP) is 3.53. The van der Waals surface area contributed by atoms with Crippen LogP contribution in [-0.2, 0) is 9.84 Å². The molecule has 0 radical (unpaired) electrons. The Bertz CT molecular complexity index is 935. The smallest absolute Gasteiger partial charge is 0.322 e. The van der Waals surface area contributed by atoms with Crippen molar-refractivity contribution >= 4 is 32.2 Å². The molecule has 144 valence electrons. The van der Waals surface area contributed by atoms with Crippen LogP contribution >= 0.6 is 11.3 Å². The largest absolute Gasteiger partial charge is 0.324 e. The molecule has 1 aliphatic carbocycles. The zero-order valence-electron chi connectivity index (χ0n) is 14.6. The summed E-state index contributed by atoms with van der Waals surface area (Å²) in [5.74, 6) is -0.556. The molecular formula is C18H20FN3O3S2. The molecule has 2 fully saturated rings. The van der Waals surface area contributed by atoms with Crippen LogP contribution in [0, 0.1) is 11.7 Å². The molecule has 0 unspecified atom stereocenters. The van der Waals surface area contributed by atoms with Crippen LogP contribution in [0.15, 0.2) is 40.9 Å². The van der Waals surface area contributed by atoms with Gasteiger partial charge in [-0.3, -0.25) is 10.3 Å². The Morgan fingerprint density at radius 2 is 2.04 bits per heavy atom. The number of piperidine rings is 1. The first-order chi connectivity index (χ1) is 12.9. The van der Waals surface area contributed by atoms with Gasteiger partial charge in [0.1, 0.15) is 10.8 Å². The Labute approximate surface area is 161 Å². The number of likely N-dealkylation sites (tertiary alicyclic amines) is 1. The molecule has 1 N–H and O–H groups in total. The molecule has 0 atom stereocenters. The highest BCUT2D eigenvalue weighted by atomic mass is 32.2. The van der Waals surface area contributed by atoms with Gasteiger partial charge >= 0.3 is 6.03 Å². The van der Waals surface area contributed by atoms with Gasteiger partial charge in [0.25, 0.3) is 0 Å². The highest BCUT2D eigenvalue weighted by Crippen LogP contribution is 2.55. The van der Waals surface area contributed by atoms with Crippen LogP contribution in [0.4, 0.5) is 14.2 Å². The third-order valence-electron chi connectivity index (χ3n) is 5.57. The van der Waals surface area contributed by atoms with Gasteiger partial charge in [-0.25, -0.2) is 17.6 Å². The summed E-state index contributed by atoms with van der Waals surface area (Å²) >= 11 is 1.35. The summed E-state index contributed by atoms with van der Waals surface area (Å²) in [6.07, 6.45) is 4.06. The van der Waals surface area contributed by atoms with E-state index in [0.29, 0.717) is 43.8 Å². The van der Waals surface area contributed by atoms with Gasteiger partial charge in [-0.15, -0.1) is 11.3 Å². The topological polar surface area (TPSA) is 79.4 Å². The first-order valence-corrected chi connectivity index (χ1v) is 11.2. The number of sulfone groups is 1. The minimum Gasteiger partial charge on any atom is -0.324 e. The van der Waals surface area contributed by atoms with Gasteiger partial charge in [-0.1, -0.05) is 6.07 Å². The fourth-order valence-electron chi connectivity index (χ4n) is 3.96. The number of rotatable bonds is 4. The van der Waals surface area contributed by atoms with Crippen molar-refractivity contribution in [2.45, 2.75) is 35.3 Å². The van der Waals surface area contributed by atoms with Crippen molar-refractivity contribution in [3.63, 3.8) is 0 Å². The monoisotopic (exact) mass is 409 g/mol. The Morgan fingerprint density at radius 3 is 2.63 bits per heavy atom. The van der Waals surface area contributed by atoms with Crippen LogP contribution in [-0.4, -0.2) is 42.2 Å². The fraction of sp³-hybridized carbons (Fsp3) is 0.444. The van der Waals surface area contributed by atoms with Crippen LogP contribution in [0.5, 0.6) is 0 Å². The lowest BCUT2D eigenvalue weighted by Crippen LogP contribution is -2.45. The Hall–Kier alpha value is -2.00. The number of carbonyl (C=O) groups excluding carboxylic acids is 1. The zero-order chi connectivity index (χ0) is 19.1. The first-order valence-electron chi connectivity index (χ1n) is 8.87. The van der Waals surface area contributed by atoms with Gasteiger partial charge in [0.2, 0.25) is 0 Å². The second-order valence-electron chi connectivity index (χ2n) is 7.08. The number of hydrogen-bond acceptors (Lipinski definition) is 5. The van der Waals surface area contributed by atoms with Crippen molar-refractivity contribution in [2.24, 2.45) is 5.92 Å². The minimum absolute atomic E-state index is 0.0155. The number of amides is 2. The SMILES string of the molecule is O=C(Nc1cncs1)N1CCC(C2(S(=O)(=O)c3cccc(F)c3)CC2)CC1. The molecule has 27 heavy (non-hydrogen) atoms. The Kier molecular flexibility index (Phi) is 4.67. The molecule has 1 aromatic heterocycles. The molecule has 6 nitrogen and oxygen atoms in total. The second kappa shape index (κ2) is 6.87. The number of aromatic nitrogens is 1. The van der Waals surface area contributed by atoms with E-state index in [4.69, 9.17) is 0 Å². The number of anilines is 1. The molecule has 1 saturated carbocycles. The highest BCUT2D eigenvalue weighted by Gasteiger charge is 2.60. The van der Waals surface area contributed by atoms with E-state index < -0.39 is 20.4 Å². The number of hydrogen-bond donors (Lipinski definition) is 1. The van der Waals surface area contributed by atoms with E-state index in [-0.39, 0.29) is 16.8 Å². The van der Waals surface area contributed by atoms with Crippen LogP contribution in [0.25, 0.3) is 0 Å². The standard InChI is InChI=1S/C18H20FN3O3S2/c19-14-2-1-3-15(10-14)27(24,25)18(6-7-18)13-4-8-22(9-5-13)17(23)21-16-11-20-12-26-16/h1-3,10-13H,4-9H2,(H,21,23). The summed E-state index contributed by atoms with van der Waals surface area (Å²) in [5.41, 5.74) is 1.65. The summed E-state index contributed by atoms with van der Waals surface area (Å²) < 4.78 is 39.0. The highest BCUT2D eigenvalue weighted by molar-refractivity contribution is 7.93. The fourth-order valence-corrected chi connectivity index (χ4v) is 6.77. The first kappa shape index (κ1) is 18.4. The van der Waals surface area contributed by atoms with Crippen LogP contribution < -0.4 is 5.32 Å². The molecule has 2 aromatic rings. The van der Waals surface area contributed by atoms with Crippen LogP contribution in [0.3, 0.4) is 0 Å². The van der Waals surface area contributed by atoms with E-state index in [2.05, 4.69) is 10.3 Å². The average molecular weight is 410 g/mol. The van der Waals surface area contributed by atoms with Crippen LogP contribution in [0.1, 0.15) is 25.7 Å². The van der Waals surface area contributed by atoms with Crippen molar-refractivity contribution in [1.29, 1.82) is 0 Å². The van der Waals surface area contributed by atoms with E-state index in [0.717, 1.165) is 6.07 Å². The van der Waals surface area contributed by atoms with Crippen molar-refractivity contribution < 1.29 is 17.6 Å². The van der Waals surface area contributed by atoms with Crippen molar-refractivity contribution in [1.82, 2.24) is 9.88 Å². The van der Waals surface area contributed by atoms with Gasteiger partial charge in [-0.2, -0.15) is 0 Å². The quantitative estimate of drug-likeness (QED) is 0.838. The maximum Gasteiger partial charge on any atom is 0.322 e. The lowest BCUT2D eigenvalue weighted by atomic mass is 9.91. The summed E-state index contributed by atoms with van der Waals surface area (Å²) in [6.45, 7) is 1.02. The number of halogens is 1. The summed E-state index contributed by atoms with van der Waals surface area (Å²) in [7, 11) is -3.59. The van der Waals surface area contributed by atoms with Crippen molar-refractivity contribution in [2.75, 3.05) is 18.4 Å². The average Bonchev–Trinajstić information content (AvgIpc) is 3.34. The van der Waals surface area contributed by atoms with E-state index in [9.17, 15) is 17.6 Å². The Morgan fingerprint density at radius 1 is 1.30 bits per heavy atom. The van der Waals surface area contributed by atoms with Crippen LogP contribution in [0.2, 0.25) is 0 Å². The van der Waals surface area contributed by atoms with Gasteiger partial charge in [0.15, 0.2) is 9.84 Å². The lowest BCUT2D eigenvalue weighted by molar-refractivity contribution is 0.179. The summed E-state index contributed by atoms with van der Waals surface area (Å²) in [5, 5.41) is 3.50. The number of carbonyl (C=O) groups is 1. The number of thiazole rings is 1. The summed E-state index contributed by atoms with van der Waals surface area (Å²) in [6, 6.07) is 5.07. The molecule has 1 aromatic carbocycles. The van der Waals surface area contributed by atoms with Crippen molar-refractivity contribution in [3.8, 4) is 0 Å².